The molecule has 2 aliphatic rings. The fraction of sp³-hybridized carbons (Fsp3) is 0.263. The molecule has 0 fully saturated rings. The Labute approximate surface area is 279 Å². The standard InChI is InChI=1S/C38H40N6O4/c1-38(2,3)48-37(46)40-19-5-4-6-32(39)36(45)47-23-24-7-9-25(10-8-24)35-33-17-15-30(43-33)21-28-13-11-26(41-28)20-27-12-14-29(42-27)22-31-16-18-34(35)44-31/h7-18,20-22,32,41,44H,4-6,19,23,39H2,1-3H3,(H,40,46). The minimum absolute atomic E-state index is 0.113. The largest absolute Gasteiger partial charge is 0.460 e. The molecule has 1 aromatic carbocycles. The zero-order valence-electron chi connectivity index (χ0n) is 27.4. The summed E-state index contributed by atoms with van der Waals surface area (Å²) in [6.45, 7) is 6.00. The Balaban J connectivity index is 1.15. The molecular formula is C38H40N6O4. The Morgan fingerprint density at radius 1 is 0.812 bits per heavy atom. The summed E-state index contributed by atoms with van der Waals surface area (Å²) in [4.78, 5) is 41.0. The molecule has 8 bridgehead atoms. The molecule has 10 nitrogen and oxygen atoms in total. The number of fused-ring (bicyclic) bond motifs is 8. The lowest BCUT2D eigenvalue weighted by molar-refractivity contribution is -0.146. The highest BCUT2D eigenvalue weighted by Crippen LogP contribution is 2.30. The van der Waals surface area contributed by atoms with E-state index in [2.05, 4.69) is 21.4 Å². The summed E-state index contributed by atoms with van der Waals surface area (Å²) < 4.78 is 10.8. The van der Waals surface area contributed by atoms with Crippen LogP contribution in [0.2, 0.25) is 0 Å². The first kappa shape index (κ1) is 32.5. The maximum absolute atomic E-state index is 12.6. The number of hydrogen-bond donors (Lipinski definition) is 4. The fourth-order valence-electron chi connectivity index (χ4n) is 5.45. The number of aromatic amines is 2. The van der Waals surface area contributed by atoms with Crippen molar-refractivity contribution in [2.75, 3.05) is 6.54 Å². The van der Waals surface area contributed by atoms with Gasteiger partial charge in [-0.3, -0.25) is 4.79 Å². The molecule has 0 saturated heterocycles. The van der Waals surface area contributed by atoms with Gasteiger partial charge in [-0.15, -0.1) is 0 Å². The van der Waals surface area contributed by atoms with Gasteiger partial charge in [0, 0.05) is 34.2 Å². The maximum atomic E-state index is 12.6. The molecule has 2 aliphatic heterocycles. The molecule has 1 unspecified atom stereocenters. The number of H-pyrrole nitrogens is 2. The number of hydrogen-bond acceptors (Lipinski definition) is 7. The molecule has 1 atom stereocenters. The highest BCUT2D eigenvalue weighted by molar-refractivity contribution is 5.91. The van der Waals surface area contributed by atoms with Crippen LogP contribution in [-0.4, -0.2) is 50.2 Å². The molecule has 48 heavy (non-hydrogen) atoms. The van der Waals surface area contributed by atoms with Gasteiger partial charge in [0.15, 0.2) is 0 Å². The monoisotopic (exact) mass is 644 g/mol. The Morgan fingerprint density at radius 2 is 1.44 bits per heavy atom. The number of ether oxygens (including phenoxy) is 2. The van der Waals surface area contributed by atoms with E-state index in [1.165, 1.54) is 0 Å². The molecular weight excluding hydrogens is 604 g/mol. The Bertz CT molecular complexity index is 2030. The Hall–Kier alpha value is -5.48. The van der Waals surface area contributed by atoms with Crippen molar-refractivity contribution in [2.45, 2.75) is 58.3 Å². The van der Waals surface area contributed by atoms with E-state index >= 15 is 0 Å². The van der Waals surface area contributed by atoms with Crippen LogP contribution in [0.3, 0.4) is 0 Å². The molecule has 0 spiro atoms. The number of benzene rings is 1. The third-order valence-corrected chi connectivity index (χ3v) is 7.76. The molecule has 6 rings (SSSR count). The molecule has 0 aliphatic carbocycles. The van der Waals surface area contributed by atoms with Crippen molar-refractivity contribution in [2.24, 2.45) is 5.73 Å². The number of rotatable bonds is 9. The minimum Gasteiger partial charge on any atom is -0.460 e. The normalized spacial score (nSPS) is 12.9. The van der Waals surface area contributed by atoms with E-state index in [1.54, 1.807) is 0 Å². The number of nitrogens with one attached hydrogen (secondary N) is 3. The molecule has 3 aromatic heterocycles. The lowest BCUT2D eigenvalue weighted by Crippen LogP contribution is -2.34. The van der Waals surface area contributed by atoms with Gasteiger partial charge in [-0.2, -0.15) is 0 Å². The van der Waals surface area contributed by atoms with Crippen LogP contribution >= 0.6 is 0 Å². The number of nitrogens with zero attached hydrogens (tertiary/aromatic N) is 2. The van der Waals surface area contributed by atoms with Crippen molar-refractivity contribution < 1.29 is 19.1 Å². The summed E-state index contributed by atoms with van der Waals surface area (Å²) in [5.74, 6) is -0.454. The molecule has 5 N–H and O–H groups in total. The zero-order chi connectivity index (χ0) is 33.7. The van der Waals surface area contributed by atoms with Crippen LogP contribution in [0.4, 0.5) is 4.79 Å². The van der Waals surface area contributed by atoms with Gasteiger partial charge in [-0.1, -0.05) is 24.3 Å². The van der Waals surface area contributed by atoms with Crippen LogP contribution in [0, 0.1) is 0 Å². The van der Waals surface area contributed by atoms with Gasteiger partial charge < -0.3 is 30.5 Å². The van der Waals surface area contributed by atoms with Crippen LogP contribution in [-0.2, 0) is 20.9 Å². The van der Waals surface area contributed by atoms with Gasteiger partial charge in [-0.25, -0.2) is 14.8 Å². The Kier molecular flexibility index (Phi) is 9.54. The number of amides is 1. The quantitative estimate of drug-likeness (QED) is 0.0948. The minimum atomic E-state index is -0.737. The smallest absolute Gasteiger partial charge is 0.407 e. The summed E-state index contributed by atoms with van der Waals surface area (Å²) in [6, 6.07) is 21.4. The van der Waals surface area contributed by atoms with E-state index < -0.39 is 23.7 Å². The lowest BCUT2D eigenvalue weighted by Gasteiger charge is -2.19. The van der Waals surface area contributed by atoms with Crippen molar-refractivity contribution in [3.05, 3.63) is 95.1 Å². The third kappa shape index (κ3) is 8.45. The SMILES string of the molecule is CC(C)(C)OC(=O)NCCCCC(N)C(=O)OCc1ccc(-c2c3nc(cc4ccc(cc5nc(cc6ccc2[nH]6)C=C5)[nH]4)C=C3)cc1. The molecule has 1 amide bonds. The Morgan fingerprint density at radius 3 is 2.12 bits per heavy atom. The number of esters is 1. The van der Waals surface area contributed by atoms with Gasteiger partial charge in [0.1, 0.15) is 18.2 Å². The van der Waals surface area contributed by atoms with Crippen molar-refractivity contribution in [1.29, 1.82) is 0 Å². The number of alkyl carbamates (subject to hydrolysis) is 1. The number of aromatic nitrogens is 4. The van der Waals surface area contributed by atoms with E-state index in [4.69, 9.17) is 25.2 Å². The van der Waals surface area contributed by atoms with Crippen molar-refractivity contribution in [3.8, 4) is 11.1 Å². The van der Waals surface area contributed by atoms with Crippen LogP contribution in [0.5, 0.6) is 0 Å². The van der Waals surface area contributed by atoms with Gasteiger partial charge in [0.2, 0.25) is 0 Å². The number of carbonyl (C=O) groups is 2. The highest BCUT2D eigenvalue weighted by atomic mass is 16.6. The second-order valence-corrected chi connectivity index (χ2v) is 12.9. The van der Waals surface area contributed by atoms with Crippen molar-refractivity contribution >= 4 is 58.4 Å². The van der Waals surface area contributed by atoms with Gasteiger partial charge in [-0.05, 0) is 118 Å². The molecule has 5 heterocycles. The molecule has 0 radical (unpaired) electrons. The van der Waals surface area contributed by atoms with E-state index in [-0.39, 0.29) is 6.61 Å². The topological polar surface area (TPSA) is 148 Å². The average molecular weight is 645 g/mol. The molecule has 0 saturated carbocycles. The summed E-state index contributed by atoms with van der Waals surface area (Å²) in [5.41, 5.74) is 15.5. The van der Waals surface area contributed by atoms with E-state index in [0.717, 1.165) is 61.5 Å². The molecule has 4 aromatic rings. The van der Waals surface area contributed by atoms with Crippen molar-refractivity contribution in [3.63, 3.8) is 0 Å². The first-order valence-corrected chi connectivity index (χ1v) is 16.1. The zero-order valence-corrected chi connectivity index (χ0v) is 27.4. The summed E-state index contributed by atoms with van der Waals surface area (Å²) in [7, 11) is 0. The molecule has 246 valence electrons. The van der Waals surface area contributed by atoms with E-state index in [0.29, 0.717) is 25.8 Å². The third-order valence-electron chi connectivity index (χ3n) is 7.76. The number of carbonyl (C=O) groups excluding carboxylic acids is 2. The predicted octanol–water partition coefficient (Wildman–Crippen LogP) is 7.39. The second-order valence-electron chi connectivity index (χ2n) is 12.9. The van der Waals surface area contributed by atoms with Crippen LogP contribution in [0.1, 0.15) is 68.4 Å². The fourth-order valence-corrected chi connectivity index (χ4v) is 5.45. The van der Waals surface area contributed by atoms with Gasteiger partial charge in [0.05, 0.1) is 22.8 Å². The second kappa shape index (κ2) is 14.1. The predicted molar refractivity (Wildman–Crippen MR) is 190 cm³/mol. The first-order valence-electron chi connectivity index (χ1n) is 16.1. The first-order chi connectivity index (χ1) is 23.1. The average Bonchev–Trinajstić information content (AvgIpc) is 3.86. The van der Waals surface area contributed by atoms with Gasteiger partial charge >= 0.3 is 12.1 Å². The van der Waals surface area contributed by atoms with Crippen LogP contribution in [0.25, 0.3) is 57.5 Å². The lowest BCUT2D eigenvalue weighted by atomic mass is 10.0. The molecule has 10 heteroatoms. The summed E-state index contributed by atoms with van der Waals surface area (Å²) in [6.07, 6.45) is 9.38. The number of nitrogens with two attached hydrogens (primary N) is 1. The highest BCUT2D eigenvalue weighted by Gasteiger charge is 2.17. The summed E-state index contributed by atoms with van der Waals surface area (Å²) in [5, 5.41) is 2.71. The number of unbranched alkanes of at least 4 members (excludes halogenated alkanes) is 1. The van der Waals surface area contributed by atoms with Gasteiger partial charge in [0.25, 0.3) is 0 Å². The van der Waals surface area contributed by atoms with Crippen molar-refractivity contribution in [1.82, 2.24) is 25.3 Å². The summed E-state index contributed by atoms with van der Waals surface area (Å²) >= 11 is 0. The van der Waals surface area contributed by atoms with E-state index in [1.807, 2.05) is 106 Å². The van der Waals surface area contributed by atoms with Crippen LogP contribution in [0.15, 0.2) is 66.7 Å². The van der Waals surface area contributed by atoms with Crippen LogP contribution < -0.4 is 11.1 Å². The maximum Gasteiger partial charge on any atom is 0.407 e. The van der Waals surface area contributed by atoms with E-state index in [9.17, 15) is 9.59 Å².